The van der Waals surface area contributed by atoms with Crippen LogP contribution in [-0.2, 0) is 27.4 Å². The highest BCUT2D eigenvalue weighted by Crippen LogP contribution is 2.15. The van der Waals surface area contributed by atoms with Gasteiger partial charge in [0.25, 0.3) is 0 Å². The molecule has 8 nitrogen and oxygen atoms in total. The summed E-state index contributed by atoms with van der Waals surface area (Å²) >= 11 is 1.28. The highest BCUT2D eigenvalue weighted by molar-refractivity contribution is 8.01. The number of nitrogens with one attached hydrogen (secondary N) is 2. The predicted octanol–water partition coefficient (Wildman–Crippen LogP) is 2.19. The van der Waals surface area contributed by atoms with Gasteiger partial charge in [0.1, 0.15) is 5.76 Å². The Balaban J connectivity index is 1.42. The minimum absolute atomic E-state index is 0.0990. The van der Waals surface area contributed by atoms with Gasteiger partial charge >= 0.3 is 0 Å². The second-order valence-electron chi connectivity index (χ2n) is 7.20. The van der Waals surface area contributed by atoms with Crippen LogP contribution in [0.1, 0.15) is 23.8 Å². The lowest BCUT2D eigenvalue weighted by molar-refractivity contribution is -0.118. The summed E-state index contributed by atoms with van der Waals surface area (Å²) in [4.78, 5) is 26.8. The molecule has 2 heterocycles. The van der Waals surface area contributed by atoms with E-state index in [1.54, 1.807) is 19.9 Å². The maximum absolute atomic E-state index is 12.3. The third-order valence-electron chi connectivity index (χ3n) is 4.80. The summed E-state index contributed by atoms with van der Waals surface area (Å²) in [5.74, 6) is 0.901. The number of ether oxygens (including phenoxy) is 1. The number of amides is 2. The molecule has 9 heteroatoms. The van der Waals surface area contributed by atoms with Gasteiger partial charge in [0.2, 0.25) is 11.8 Å². The summed E-state index contributed by atoms with van der Waals surface area (Å²) in [6.07, 6.45) is 0. The number of aromatic nitrogens is 1. The van der Waals surface area contributed by atoms with E-state index in [0.717, 1.165) is 38.4 Å². The van der Waals surface area contributed by atoms with Crippen LogP contribution in [0.2, 0.25) is 0 Å². The summed E-state index contributed by atoms with van der Waals surface area (Å²) in [7, 11) is 0. The lowest BCUT2D eigenvalue weighted by Crippen LogP contribution is -2.36. The van der Waals surface area contributed by atoms with Crippen molar-refractivity contribution in [1.29, 1.82) is 0 Å². The molecular formula is C21H28N4O4S. The van der Waals surface area contributed by atoms with Crippen molar-refractivity contribution in [2.24, 2.45) is 0 Å². The number of aryl methyl sites for hydroxylation is 1. The van der Waals surface area contributed by atoms with Gasteiger partial charge in [-0.05, 0) is 25.0 Å². The fourth-order valence-corrected chi connectivity index (χ4v) is 3.77. The van der Waals surface area contributed by atoms with Gasteiger partial charge in [-0.2, -0.15) is 0 Å². The van der Waals surface area contributed by atoms with Crippen LogP contribution in [0.3, 0.4) is 0 Å². The van der Waals surface area contributed by atoms with E-state index in [9.17, 15) is 9.59 Å². The van der Waals surface area contributed by atoms with Gasteiger partial charge in [0.05, 0.1) is 24.2 Å². The number of rotatable bonds is 9. The van der Waals surface area contributed by atoms with E-state index in [1.807, 2.05) is 18.2 Å². The van der Waals surface area contributed by atoms with Crippen molar-refractivity contribution in [1.82, 2.24) is 15.4 Å². The normalized spacial score (nSPS) is 15.5. The largest absolute Gasteiger partial charge is 0.379 e. The molecule has 3 rings (SSSR count). The van der Waals surface area contributed by atoms with Crippen molar-refractivity contribution < 1.29 is 18.8 Å². The van der Waals surface area contributed by atoms with E-state index < -0.39 is 0 Å². The van der Waals surface area contributed by atoms with Crippen LogP contribution in [0.5, 0.6) is 0 Å². The summed E-state index contributed by atoms with van der Waals surface area (Å²) in [5, 5.41) is 9.00. The number of thioether (sulfide) groups is 1. The first-order valence-corrected chi connectivity index (χ1v) is 11.1. The first-order valence-electron chi connectivity index (χ1n) is 10.0. The summed E-state index contributed by atoms with van der Waals surface area (Å²) in [6, 6.07) is 9.80. The molecule has 1 atom stereocenters. The van der Waals surface area contributed by atoms with E-state index in [1.165, 1.54) is 17.3 Å². The fourth-order valence-electron chi connectivity index (χ4n) is 3.06. The van der Waals surface area contributed by atoms with Crippen molar-refractivity contribution >= 4 is 29.4 Å². The number of morpholine rings is 1. The Morgan fingerprint density at radius 3 is 2.67 bits per heavy atom. The summed E-state index contributed by atoms with van der Waals surface area (Å²) in [5.41, 5.74) is 2.32. The zero-order valence-corrected chi connectivity index (χ0v) is 18.2. The van der Waals surface area contributed by atoms with Crippen LogP contribution < -0.4 is 10.6 Å². The van der Waals surface area contributed by atoms with Crippen LogP contribution in [0, 0.1) is 6.92 Å². The lowest BCUT2D eigenvalue weighted by atomic mass is 10.1. The number of anilines is 1. The van der Waals surface area contributed by atoms with Gasteiger partial charge in [-0.3, -0.25) is 14.5 Å². The average molecular weight is 433 g/mol. The number of nitrogens with zero attached hydrogens (tertiary/aromatic N) is 2. The SMILES string of the molecule is Cc1cc(NC(=O)[C@@H](C)SCC(=O)NCc2ccccc2CN2CCOCC2)no1. The van der Waals surface area contributed by atoms with Crippen molar-refractivity contribution in [3.8, 4) is 0 Å². The van der Waals surface area contributed by atoms with Gasteiger partial charge < -0.3 is 19.9 Å². The van der Waals surface area contributed by atoms with Crippen molar-refractivity contribution in [2.45, 2.75) is 32.2 Å². The zero-order chi connectivity index (χ0) is 21.3. The Kier molecular flexibility index (Phi) is 8.30. The molecule has 0 unspecified atom stereocenters. The topological polar surface area (TPSA) is 96.7 Å². The third kappa shape index (κ3) is 6.86. The summed E-state index contributed by atoms with van der Waals surface area (Å²) < 4.78 is 10.3. The molecule has 2 aromatic rings. The molecule has 1 fully saturated rings. The molecule has 30 heavy (non-hydrogen) atoms. The number of hydrogen-bond acceptors (Lipinski definition) is 7. The first kappa shape index (κ1) is 22.3. The van der Waals surface area contributed by atoms with E-state index in [4.69, 9.17) is 9.26 Å². The minimum atomic E-state index is -0.388. The zero-order valence-electron chi connectivity index (χ0n) is 17.3. The van der Waals surface area contributed by atoms with Gasteiger partial charge in [-0.25, -0.2) is 0 Å². The van der Waals surface area contributed by atoms with Crippen LogP contribution >= 0.6 is 11.8 Å². The van der Waals surface area contributed by atoms with Crippen molar-refractivity contribution in [2.75, 3.05) is 37.4 Å². The smallest absolute Gasteiger partial charge is 0.238 e. The Bertz CT molecular complexity index is 851. The van der Waals surface area contributed by atoms with Gasteiger partial charge in [0, 0.05) is 32.2 Å². The molecule has 1 aromatic heterocycles. The molecular weight excluding hydrogens is 404 g/mol. The lowest BCUT2D eigenvalue weighted by Gasteiger charge is -2.27. The van der Waals surface area contributed by atoms with E-state index in [0.29, 0.717) is 18.1 Å². The molecule has 0 radical (unpaired) electrons. The Morgan fingerprint density at radius 2 is 1.97 bits per heavy atom. The second-order valence-corrected chi connectivity index (χ2v) is 8.53. The van der Waals surface area contributed by atoms with Crippen LogP contribution in [0.4, 0.5) is 5.82 Å². The van der Waals surface area contributed by atoms with Gasteiger partial charge in [-0.15, -0.1) is 11.8 Å². The molecule has 1 saturated heterocycles. The van der Waals surface area contributed by atoms with E-state index >= 15 is 0 Å². The molecule has 0 spiro atoms. The average Bonchev–Trinajstić information content (AvgIpc) is 3.16. The number of carbonyl (C=O) groups excluding carboxylic acids is 2. The van der Waals surface area contributed by atoms with Gasteiger partial charge in [-0.1, -0.05) is 29.4 Å². The molecule has 0 aliphatic carbocycles. The van der Waals surface area contributed by atoms with Crippen LogP contribution in [0.25, 0.3) is 0 Å². The molecule has 1 aliphatic rings. The van der Waals surface area contributed by atoms with E-state index in [2.05, 4.69) is 26.8 Å². The third-order valence-corrected chi connectivity index (χ3v) is 5.95. The molecule has 2 amide bonds. The Labute approximate surface area is 180 Å². The molecule has 0 saturated carbocycles. The van der Waals surface area contributed by atoms with Crippen molar-refractivity contribution in [3.63, 3.8) is 0 Å². The molecule has 1 aliphatic heterocycles. The van der Waals surface area contributed by atoms with Crippen molar-refractivity contribution in [3.05, 3.63) is 47.2 Å². The highest BCUT2D eigenvalue weighted by atomic mass is 32.2. The predicted molar refractivity (Wildman–Crippen MR) is 116 cm³/mol. The maximum atomic E-state index is 12.3. The first-order chi connectivity index (χ1) is 14.5. The second kappa shape index (κ2) is 11.1. The Hall–Kier alpha value is -2.36. The van der Waals surface area contributed by atoms with Crippen LogP contribution in [-0.4, -0.2) is 59.2 Å². The van der Waals surface area contributed by atoms with E-state index in [-0.39, 0.29) is 22.8 Å². The number of carbonyl (C=O) groups is 2. The standard InChI is InChI=1S/C21H28N4O4S/c1-15-11-19(24-29-15)23-21(27)16(2)30-14-20(26)22-12-17-5-3-4-6-18(17)13-25-7-9-28-10-8-25/h3-6,11,16H,7-10,12-14H2,1-2H3,(H,22,26)(H,23,24,27)/t16-/m1/s1. The fraction of sp³-hybridized carbons (Fsp3) is 0.476. The number of benzene rings is 1. The Morgan fingerprint density at radius 1 is 1.23 bits per heavy atom. The molecule has 0 bridgehead atoms. The minimum Gasteiger partial charge on any atom is -0.379 e. The molecule has 1 aromatic carbocycles. The maximum Gasteiger partial charge on any atom is 0.238 e. The quantitative estimate of drug-likeness (QED) is 0.627. The monoisotopic (exact) mass is 432 g/mol. The summed E-state index contributed by atoms with van der Waals surface area (Å²) in [6.45, 7) is 8.20. The van der Waals surface area contributed by atoms with Crippen LogP contribution in [0.15, 0.2) is 34.9 Å². The highest BCUT2D eigenvalue weighted by Gasteiger charge is 2.17. The molecule has 2 N–H and O–H groups in total. The van der Waals surface area contributed by atoms with Gasteiger partial charge in [0.15, 0.2) is 5.82 Å². The number of hydrogen-bond donors (Lipinski definition) is 2. The molecule has 162 valence electrons.